The van der Waals surface area contributed by atoms with Gasteiger partial charge in [-0.25, -0.2) is 0 Å². The van der Waals surface area contributed by atoms with Crippen LogP contribution < -0.4 is 5.73 Å². The summed E-state index contributed by atoms with van der Waals surface area (Å²) in [4.78, 5) is 11.1. The van der Waals surface area contributed by atoms with E-state index in [4.69, 9.17) is 10.5 Å². The number of carbonyl (C=O) groups excluding carboxylic acids is 1. The van der Waals surface area contributed by atoms with Crippen LogP contribution in [0.4, 0.5) is 0 Å². The molecule has 0 aromatic heterocycles. The minimum Gasteiger partial charge on any atom is -0.466 e. The molecule has 2 fully saturated rings. The van der Waals surface area contributed by atoms with Crippen LogP contribution in [0.5, 0.6) is 0 Å². The van der Waals surface area contributed by atoms with Gasteiger partial charge in [-0.15, -0.1) is 0 Å². The molecule has 2 N–H and O–H groups in total. The van der Waals surface area contributed by atoms with E-state index in [1.54, 1.807) is 0 Å². The minimum absolute atomic E-state index is 0.0431. The zero-order valence-corrected chi connectivity index (χ0v) is 8.08. The zero-order valence-electron chi connectivity index (χ0n) is 8.08. The van der Waals surface area contributed by atoms with Crippen molar-refractivity contribution < 1.29 is 9.53 Å². The number of hydrogen-bond acceptors (Lipinski definition) is 3. The van der Waals surface area contributed by atoms with Gasteiger partial charge in [0.25, 0.3) is 0 Å². The summed E-state index contributed by atoms with van der Waals surface area (Å²) in [6.07, 6.45) is 4.30. The van der Waals surface area contributed by atoms with Crippen LogP contribution in [0.25, 0.3) is 0 Å². The minimum atomic E-state index is -0.141. The van der Waals surface area contributed by atoms with Gasteiger partial charge in [0, 0.05) is 6.04 Å². The molecule has 0 aliphatic heterocycles. The fourth-order valence-electron chi connectivity index (χ4n) is 2.27. The fraction of sp³-hybridized carbons (Fsp3) is 0.900. The molecule has 0 aromatic carbocycles. The van der Waals surface area contributed by atoms with E-state index in [1.165, 1.54) is 19.3 Å². The van der Waals surface area contributed by atoms with Crippen molar-refractivity contribution in [3.05, 3.63) is 0 Å². The predicted molar refractivity (Wildman–Crippen MR) is 49.0 cm³/mol. The van der Waals surface area contributed by atoms with Gasteiger partial charge in [0.05, 0.1) is 13.0 Å². The molecule has 0 aromatic rings. The second-order valence-corrected chi connectivity index (χ2v) is 4.35. The van der Waals surface area contributed by atoms with Crippen LogP contribution >= 0.6 is 0 Å². The monoisotopic (exact) mass is 183 g/mol. The summed E-state index contributed by atoms with van der Waals surface area (Å²) in [5, 5.41) is 0. The van der Waals surface area contributed by atoms with Gasteiger partial charge in [0.15, 0.2) is 0 Å². The van der Waals surface area contributed by atoms with Crippen molar-refractivity contribution in [2.45, 2.75) is 38.6 Å². The van der Waals surface area contributed by atoms with Crippen molar-refractivity contribution >= 4 is 5.97 Å². The normalized spacial score (nSPS) is 29.8. The van der Waals surface area contributed by atoms with Gasteiger partial charge >= 0.3 is 5.97 Å². The molecule has 2 saturated carbocycles. The summed E-state index contributed by atoms with van der Waals surface area (Å²) in [6, 6.07) is 0.0431. The number of rotatable bonds is 4. The molecular formula is C10H17NO2. The lowest BCUT2D eigenvalue weighted by molar-refractivity contribution is -0.143. The van der Waals surface area contributed by atoms with Crippen LogP contribution in [0.3, 0.4) is 0 Å². The molecule has 1 unspecified atom stereocenters. The first kappa shape index (κ1) is 9.00. The third-order valence-corrected chi connectivity index (χ3v) is 3.37. The maximum atomic E-state index is 11.1. The molecule has 0 bridgehead atoms. The topological polar surface area (TPSA) is 52.3 Å². The molecule has 2 aliphatic carbocycles. The van der Waals surface area contributed by atoms with Crippen LogP contribution in [-0.2, 0) is 9.53 Å². The Morgan fingerprint density at radius 3 is 2.85 bits per heavy atom. The van der Waals surface area contributed by atoms with Crippen LogP contribution in [0, 0.1) is 11.3 Å². The lowest BCUT2D eigenvalue weighted by Crippen LogP contribution is -2.28. The van der Waals surface area contributed by atoms with Crippen molar-refractivity contribution in [2.24, 2.45) is 17.1 Å². The van der Waals surface area contributed by atoms with Crippen molar-refractivity contribution in [3.8, 4) is 0 Å². The van der Waals surface area contributed by atoms with Crippen LogP contribution in [0.2, 0.25) is 0 Å². The van der Waals surface area contributed by atoms with E-state index in [0.717, 1.165) is 0 Å². The highest BCUT2D eigenvalue weighted by Gasteiger charge is 2.64. The fourth-order valence-corrected chi connectivity index (χ4v) is 2.27. The Kier molecular flexibility index (Phi) is 2.06. The van der Waals surface area contributed by atoms with Gasteiger partial charge in [-0.3, -0.25) is 4.79 Å². The van der Waals surface area contributed by atoms with E-state index < -0.39 is 0 Å². The molecule has 3 heteroatoms. The summed E-state index contributed by atoms with van der Waals surface area (Å²) in [6.45, 7) is 2.28. The third kappa shape index (κ3) is 1.70. The second-order valence-electron chi connectivity index (χ2n) is 4.35. The molecule has 2 atom stereocenters. The van der Waals surface area contributed by atoms with E-state index in [-0.39, 0.29) is 12.0 Å². The SMILES string of the molecule is CCOC(=O)C[C@H](N)C1CC12CC2. The Morgan fingerprint density at radius 1 is 1.69 bits per heavy atom. The maximum Gasteiger partial charge on any atom is 0.307 e. The Morgan fingerprint density at radius 2 is 2.38 bits per heavy atom. The molecule has 0 amide bonds. The Bertz CT molecular complexity index is 223. The van der Waals surface area contributed by atoms with Crippen molar-refractivity contribution in [1.29, 1.82) is 0 Å². The van der Waals surface area contributed by atoms with Crippen LogP contribution in [0.15, 0.2) is 0 Å². The molecule has 0 heterocycles. The third-order valence-electron chi connectivity index (χ3n) is 3.37. The highest BCUT2D eigenvalue weighted by Crippen LogP contribution is 2.71. The summed E-state index contributed by atoms with van der Waals surface area (Å²) >= 11 is 0. The van der Waals surface area contributed by atoms with Crippen LogP contribution in [0.1, 0.15) is 32.6 Å². The van der Waals surface area contributed by atoms with Gasteiger partial charge in [-0.1, -0.05) is 0 Å². The smallest absolute Gasteiger partial charge is 0.307 e. The zero-order chi connectivity index (χ0) is 9.47. The predicted octanol–water partition coefficient (Wildman–Crippen LogP) is 1.07. The van der Waals surface area contributed by atoms with Gasteiger partial charge in [0.2, 0.25) is 0 Å². The summed E-state index contributed by atoms with van der Waals surface area (Å²) in [5.41, 5.74) is 6.51. The quantitative estimate of drug-likeness (QED) is 0.663. The van der Waals surface area contributed by atoms with E-state index >= 15 is 0 Å². The number of nitrogens with two attached hydrogens (primary N) is 1. The average Bonchev–Trinajstić information content (AvgIpc) is 2.93. The van der Waals surface area contributed by atoms with Crippen molar-refractivity contribution in [2.75, 3.05) is 6.61 Å². The molecule has 2 aliphatic rings. The molecule has 0 radical (unpaired) electrons. The first-order chi connectivity index (χ1) is 6.18. The average molecular weight is 183 g/mol. The first-order valence-electron chi connectivity index (χ1n) is 5.09. The van der Waals surface area contributed by atoms with Crippen molar-refractivity contribution in [1.82, 2.24) is 0 Å². The Hall–Kier alpha value is -0.570. The van der Waals surface area contributed by atoms with Gasteiger partial charge < -0.3 is 10.5 Å². The van der Waals surface area contributed by atoms with E-state index in [1.807, 2.05) is 6.92 Å². The van der Waals surface area contributed by atoms with Gasteiger partial charge in [0.1, 0.15) is 0 Å². The molecule has 74 valence electrons. The molecule has 1 spiro atoms. The number of carbonyl (C=O) groups is 1. The van der Waals surface area contributed by atoms with Gasteiger partial charge in [-0.05, 0) is 37.5 Å². The van der Waals surface area contributed by atoms with E-state index in [9.17, 15) is 4.79 Å². The summed E-state index contributed by atoms with van der Waals surface area (Å²) < 4.78 is 4.86. The molecular weight excluding hydrogens is 166 g/mol. The lowest BCUT2D eigenvalue weighted by atomic mass is 10.1. The van der Waals surface area contributed by atoms with Crippen molar-refractivity contribution in [3.63, 3.8) is 0 Å². The molecule has 3 nitrogen and oxygen atoms in total. The summed E-state index contributed by atoms with van der Waals surface area (Å²) in [5.74, 6) is 0.467. The number of ether oxygens (including phenoxy) is 1. The molecule has 13 heavy (non-hydrogen) atoms. The van der Waals surface area contributed by atoms with Crippen LogP contribution in [-0.4, -0.2) is 18.6 Å². The highest BCUT2D eigenvalue weighted by atomic mass is 16.5. The number of hydrogen-bond donors (Lipinski definition) is 1. The number of esters is 1. The lowest BCUT2D eigenvalue weighted by Gasteiger charge is -2.09. The molecule has 2 rings (SSSR count). The highest BCUT2D eigenvalue weighted by molar-refractivity contribution is 5.70. The standard InChI is InChI=1S/C10H17NO2/c1-2-13-9(12)5-8(11)7-6-10(7)3-4-10/h7-8H,2-6,11H2,1H3/t7?,8-/m0/s1. The van der Waals surface area contributed by atoms with E-state index in [0.29, 0.717) is 24.4 Å². The van der Waals surface area contributed by atoms with Gasteiger partial charge in [-0.2, -0.15) is 0 Å². The largest absolute Gasteiger partial charge is 0.466 e. The second kappa shape index (κ2) is 2.98. The molecule has 0 saturated heterocycles. The maximum absolute atomic E-state index is 11.1. The summed E-state index contributed by atoms with van der Waals surface area (Å²) in [7, 11) is 0. The first-order valence-corrected chi connectivity index (χ1v) is 5.09. The Balaban J connectivity index is 1.72. The van der Waals surface area contributed by atoms with E-state index in [2.05, 4.69) is 0 Å². The Labute approximate surface area is 78.6 Å².